The normalized spacial score (nSPS) is 10.3. The molecule has 0 unspecified atom stereocenters. The molecular weight excluding hydrogens is 386 g/mol. The van der Waals surface area contributed by atoms with Crippen LogP contribution >= 0.6 is 15.9 Å². The molecule has 132 valence electrons. The average Bonchev–Trinajstić information content (AvgIpc) is 2.60. The second-order valence-corrected chi connectivity index (χ2v) is 6.44. The van der Waals surface area contributed by atoms with Crippen LogP contribution in [0, 0.1) is 0 Å². The van der Waals surface area contributed by atoms with Gasteiger partial charge in [0.2, 0.25) is 0 Å². The number of carbonyl (C=O) groups is 2. The molecule has 0 heterocycles. The maximum Gasteiger partial charge on any atom is 0.337 e. The second kappa shape index (κ2) is 9.22. The van der Waals surface area contributed by atoms with Gasteiger partial charge < -0.3 is 15.2 Å². The molecule has 0 aliphatic carbocycles. The zero-order chi connectivity index (χ0) is 18.2. The summed E-state index contributed by atoms with van der Waals surface area (Å²) in [4.78, 5) is 23.6. The van der Waals surface area contributed by atoms with Gasteiger partial charge in [-0.15, -0.1) is 0 Å². The predicted molar refractivity (Wildman–Crippen MR) is 101 cm³/mol. The third-order valence-electron chi connectivity index (χ3n) is 3.59. The van der Waals surface area contributed by atoms with Gasteiger partial charge in [-0.25, -0.2) is 4.79 Å². The number of benzene rings is 2. The first-order valence-electron chi connectivity index (χ1n) is 8.08. The molecule has 0 saturated carbocycles. The van der Waals surface area contributed by atoms with Gasteiger partial charge in [0.1, 0.15) is 5.75 Å². The molecule has 0 bridgehead atoms. The molecule has 5 nitrogen and oxygen atoms in total. The van der Waals surface area contributed by atoms with Crippen molar-refractivity contribution < 1.29 is 19.4 Å². The first-order chi connectivity index (χ1) is 12.0. The van der Waals surface area contributed by atoms with Crippen molar-refractivity contribution in [3.63, 3.8) is 0 Å². The topological polar surface area (TPSA) is 75.6 Å². The number of carboxylic acids is 1. The van der Waals surface area contributed by atoms with Gasteiger partial charge in [0.05, 0.1) is 17.9 Å². The monoisotopic (exact) mass is 405 g/mol. The molecule has 0 aliphatic heterocycles. The van der Waals surface area contributed by atoms with E-state index in [4.69, 9.17) is 4.74 Å². The van der Waals surface area contributed by atoms with Gasteiger partial charge in [0.15, 0.2) is 0 Å². The Labute approximate surface area is 155 Å². The number of amides is 1. The van der Waals surface area contributed by atoms with E-state index in [-0.39, 0.29) is 17.2 Å². The van der Waals surface area contributed by atoms with Crippen LogP contribution in [0.25, 0.3) is 0 Å². The maximum atomic E-state index is 12.3. The number of anilines is 1. The number of unbranched alkanes of at least 4 members (excludes halogenated alkanes) is 2. The lowest BCUT2D eigenvalue weighted by Gasteiger charge is -2.10. The number of rotatable bonds is 8. The lowest BCUT2D eigenvalue weighted by Crippen LogP contribution is -2.14. The zero-order valence-corrected chi connectivity index (χ0v) is 15.5. The molecule has 2 rings (SSSR count). The van der Waals surface area contributed by atoms with Crippen molar-refractivity contribution in [3.05, 3.63) is 58.1 Å². The minimum Gasteiger partial charge on any atom is -0.494 e. The van der Waals surface area contributed by atoms with Crippen molar-refractivity contribution in [3.8, 4) is 5.75 Å². The van der Waals surface area contributed by atoms with Crippen LogP contribution in [-0.4, -0.2) is 23.6 Å². The Morgan fingerprint density at radius 2 is 1.84 bits per heavy atom. The minimum atomic E-state index is -1.10. The average molecular weight is 406 g/mol. The fourth-order valence-corrected chi connectivity index (χ4v) is 2.60. The molecule has 6 heteroatoms. The number of carbonyl (C=O) groups excluding carboxylic acids is 1. The van der Waals surface area contributed by atoms with E-state index in [1.54, 1.807) is 36.4 Å². The number of ether oxygens (including phenoxy) is 1. The van der Waals surface area contributed by atoms with Crippen LogP contribution in [-0.2, 0) is 0 Å². The number of nitrogens with one attached hydrogen (secondary N) is 1. The Morgan fingerprint density at radius 3 is 2.48 bits per heavy atom. The van der Waals surface area contributed by atoms with Gasteiger partial charge in [0, 0.05) is 10.0 Å². The van der Waals surface area contributed by atoms with Crippen LogP contribution in [0.5, 0.6) is 5.75 Å². The quantitative estimate of drug-likeness (QED) is 0.607. The van der Waals surface area contributed by atoms with Gasteiger partial charge >= 0.3 is 5.97 Å². The third kappa shape index (κ3) is 5.60. The highest BCUT2D eigenvalue weighted by Gasteiger charge is 2.14. The van der Waals surface area contributed by atoms with Crippen LogP contribution in [0.2, 0.25) is 0 Å². The van der Waals surface area contributed by atoms with Gasteiger partial charge in [-0.1, -0.05) is 35.7 Å². The molecule has 0 atom stereocenters. The van der Waals surface area contributed by atoms with E-state index in [1.165, 1.54) is 6.07 Å². The second-order valence-electron chi connectivity index (χ2n) is 5.53. The lowest BCUT2D eigenvalue weighted by molar-refractivity contribution is 0.0698. The highest BCUT2D eigenvalue weighted by atomic mass is 79.9. The summed E-state index contributed by atoms with van der Waals surface area (Å²) in [6, 6.07) is 11.5. The van der Waals surface area contributed by atoms with E-state index in [2.05, 4.69) is 28.2 Å². The van der Waals surface area contributed by atoms with Crippen LogP contribution in [0.15, 0.2) is 46.9 Å². The number of carboxylic acid groups (broad SMARTS) is 1. The van der Waals surface area contributed by atoms with Crippen molar-refractivity contribution in [2.24, 2.45) is 0 Å². The summed E-state index contributed by atoms with van der Waals surface area (Å²) in [6.07, 6.45) is 3.26. The molecule has 2 aromatic carbocycles. The molecule has 25 heavy (non-hydrogen) atoms. The number of hydrogen-bond donors (Lipinski definition) is 2. The predicted octanol–water partition coefficient (Wildman–Crippen LogP) is 4.97. The Hall–Kier alpha value is -2.34. The zero-order valence-electron chi connectivity index (χ0n) is 13.9. The maximum absolute atomic E-state index is 12.3. The molecule has 0 spiro atoms. The van der Waals surface area contributed by atoms with E-state index in [1.807, 2.05) is 0 Å². The standard InChI is InChI=1S/C19H20BrNO4/c1-2-3-4-11-25-15-8-5-13(6-9-15)18(22)21-17-10-7-14(20)12-16(17)19(23)24/h5-10,12H,2-4,11H2,1H3,(H,21,22)(H,23,24). The summed E-state index contributed by atoms with van der Waals surface area (Å²) in [5.74, 6) is -0.766. The Balaban J connectivity index is 2.03. The SMILES string of the molecule is CCCCCOc1ccc(C(=O)Nc2ccc(Br)cc2C(=O)O)cc1. The van der Waals surface area contributed by atoms with Crippen LogP contribution in [0.4, 0.5) is 5.69 Å². The first-order valence-corrected chi connectivity index (χ1v) is 8.87. The summed E-state index contributed by atoms with van der Waals surface area (Å²) in [7, 11) is 0. The Morgan fingerprint density at radius 1 is 1.12 bits per heavy atom. The third-order valence-corrected chi connectivity index (χ3v) is 4.09. The minimum absolute atomic E-state index is 0.0265. The van der Waals surface area contributed by atoms with Crippen molar-refractivity contribution in [2.45, 2.75) is 26.2 Å². The highest BCUT2D eigenvalue weighted by molar-refractivity contribution is 9.10. The molecule has 2 aromatic rings. The smallest absolute Gasteiger partial charge is 0.337 e. The summed E-state index contributed by atoms with van der Waals surface area (Å²) in [6.45, 7) is 2.79. The summed E-state index contributed by atoms with van der Waals surface area (Å²) < 4.78 is 6.24. The number of aromatic carboxylic acids is 1. The molecule has 0 saturated heterocycles. The van der Waals surface area contributed by atoms with Crippen molar-refractivity contribution in [2.75, 3.05) is 11.9 Å². The highest BCUT2D eigenvalue weighted by Crippen LogP contribution is 2.22. The number of hydrogen-bond acceptors (Lipinski definition) is 3. The fourth-order valence-electron chi connectivity index (χ4n) is 2.24. The van der Waals surface area contributed by atoms with E-state index >= 15 is 0 Å². The number of halogens is 1. The molecule has 1 amide bonds. The summed E-state index contributed by atoms with van der Waals surface area (Å²) >= 11 is 3.22. The first kappa shape index (κ1) is 19.0. The largest absolute Gasteiger partial charge is 0.494 e. The van der Waals surface area contributed by atoms with Crippen molar-refractivity contribution >= 4 is 33.5 Å². The molecule has 0 fully saturated rings. The molecule has 0 aromatic heterocycles. The molecule has 0 aliphatic rings. The summed E-state index contributed by atoms with van der Waals surface area (Å²) in [5, 5.41) is 11.9. The van der Waals surface area contributed by atoms with Crippen LogP contribution in [0.3, 0.4) is 0 Å². The van der Waals surface area contributed by atoms with Crippen LogP contribution in [0.1, 0.15) is 46.9 Å². The van der Waals surface area contributed by atoms with Gasteiger partial charge in [-0.2, -0.15) is 0 Å². The van der Waals surface area contributed by atoms with Gasteiger partial charge in [-0.05, 0) is 48.9 Å². The van der Waals surface area contributed by atoms with Crippen LogP contribution < -0.4 is 10.1 Å². The molecular formula is C19H20BrNO4. The van der Waals surface area contributed by atoms with Crippen molar-refractivity contribution in [1.82, 2.24) is 0 Å². The van der Waals surface area contributed by atoms with E-state index in [9.17, 15) is 14.7 Å². The Kier molecular flexibility index (Phi) is 7.01. The Bertz CT molecular complexity index is 744. The lowest BCUT2D eigenvalue weighted by atomic mass is 10.1. The fraction of sp³-hybridized carbons (Fsp3) is 0.263. The van der Waals surface area contributed by atoms with E-state index < -0.39 is 5.97 Å². The van der Waals surface area contributed by atoms with E-state index in [0.29, 0.717) is 22.4 Å². The van der Waals surface area contributed by atoms with Gasteiger partial charge in [0.25, 0.3) is 5.91 Å². The van der Waals surface area contributed by atoms with E-state index in [0.717, 1.165) is 19.3 Å². The van der Waals surface area contributed by atoms with Crippen molar-refractivity contribution in [1.29, 1.82) is 0 Å². The van der Waals surface area contributed by atoms with Gasteiger partial charge in [-0.3, -0.25) is 4.79 Å². The molecule has 2 N–H and O–H groups in total. The molecule has 0 radical (unpaired) electrons. The summed E-state index contributed by atoms with van der Waals surface area (Å²) in [5.41, 5.74) is 0.708.